The third-order valence-electron chi connectivity index (χ3n) is 2.62. The molecular formula is C14H13ClFNO2. The summed E-state index contributed by atoms with van der Waals surface area (Å²) in [5.41, 5.74) is 0.970. The second kappa shape index (κ2) is 5.99. The van der Waals surface area contributed by atoms with E-state index >= 15 is 0 Å². The molecule has 1 heterocycles. The number of hydrogen-bond acceptors (Lipinski definition) is 3. The first-order valence-electron chi connectivity index (χ1n) is 5.82. The third kappa shape index (κ3) is 3.22. The summed E-state index contributed by atoms with van der Waals surface area (Å²) in [6.07, 6.45) is 2.11. The highest BCUT2D eigenvalue weighted by Crippen LogP contribution is 2.29. The van der Waals surface area contributed by atoms with Gasteiger partial charge in [-0.15, -0.1) is 0 Å². The molecule has 2 aromatic rings. The zero-order valence-corrected chi connectivity index (χ0v) is 11.1. The van der Waals surface area contributed by atoms with Crippen LogP contribution in [-0.2, 0) is 0 Å². The SMILES string of the molecule is CCOc1cncc(C(O)c2ccc(F)cc2Cl)c1. The lowest BCUT2D eigenvalue weighted by atomic mass is 10.0. The van der Waals surface area contributed by atoms with Crippen LogP contribution in [-0.4, -0.2) is 16.7 Å². The van der Waals surface area contributed by atoms with Crippen molar-refractivity contribution in [2.45, 2.75) is 13.0 Å². The van der Waals surface area contributed by atoms with Gasteiger partial charge in [0.2, 0.25) is 0 Å². The first-order chi connectivity index (χ1) is 9.11. The van der Waals surface area contributed by atoms with Gasteiger partial charge in [-0.1, -0.05) is 17.7 Å². The van der Waals surface area contributed by atoms with Crippen molar-refractivity contribution in [3.63, 3.8) is 0 Å². The number of halogens is 2. The lowest BCUT2D eigenvalue weighted by molar-refractivity contribution is 0.219. The predicted molar refractivity (Wildman–Crippen MR) is 70.9 cm³/mol. The first-order valence-corrected chi connectivity index (χ1v) is 6.20. The average molecular weight is 282 g/mol. The van der Waals surface area contributed by atoms with Crippen molar-refractivity contribution in [2.24, 2.45) is 0 Å². The van der Waals surface area contributed by atoms with Crippen LogP contribution in [0, 0.1) is 5.82 Å². The van der Waals surface area contributed by atoms with E-state index in [0.29, 0.717) is 23.5 Å². The summed E-state index contributed by atoms with van der Waals surface area (Å²) in [5, 5.41) is 10.4. The molecule has 1 atom stereocenters. The molecule has 2 rings (SSSR count). The quantitative estimate of drug-likeness (QED) is 0.934. The van der Waals surface area contributed by atoms with Crippen LogP contribution >= 0.6 is 11.6 Å². The second-order valence-electron chi connectivity index (χ2n) is 3.96. The van der Waals surface area contributed by atoms with Gasteiger partial charge in [0, 0.05) is 22.3 Å². The molecule has 1 aromatic heterocycles. The lowest BCUT2D eigenvalue weighted by Crippen LogP contribution is -2.02. The Morgan fingerprint density at radius 3 is 2.84 bits per heavy atom. The van der Waals surface area contributed by atoms with Crippen LogP contribution in [0.3, 0.4) is 0 Å². The molecule has 5 heteroatoms. The van der Waals surface area contributed by atoms with Gasteiger partial charge in [0.1, 0.15) is 17.7 Å². The minimum Gasteiger partial charge on any atom is -0.492 e. The number of aliphatic hydroxyl groups is 1. The van der Waals surface area contributed by atoms with Gasteiger partial charge >= 0.3 is 0 Å². The van der Waals surface area contributed by atoms with E-state index in [4.69, 9.17) is 16.3 Å². The van der Waals surface area contributed by atoms with E-state index < -0.39 is 11.9 Å². The lowest BCUT2D eigenvalue weighted by Gasteiger charge is -2.14. The third-order valence-corrected chi connectivity index (χ3v) is 2.95. The van der Waals surface area contributed by atoms with Gasteiger partial charge in [0.05, 0.1) is 12.8 Å². The molecule has 0 amide bonds. The van der Waals surface area contributed by atoms with Crippen molar-refractivity contribution >= 4 is 11.6 Å². The summed E-state index contributed by atoms with van der Waals surface area (Å²) >= 11 is 5.92. The Morgan fingerprint density at radius 1 is 1.37 bits per heavy atom. The molecule has 0 bridgehead atoms. The van der Waals surface area contributed by atoms with Crippen LogP contribution < -0.4 is 4.74 Å². The number of nitrogens with zero attached hydrogens (tertiary/aromatic N) is 1. The molecule has 19 heavy (non-hydrogen) atoms. The maximum atomic E-state index is 13.0. The van der Waals surface area contributed by atoms with Crippen LogP contribution in [0.1, 0.15) is 24.2 Å². The van der Waals surface area contributed by atoms with Gasteiger partial charge in [-0.3, -0.25) is 4.98 Å². The van der Waals surface area contributed by atoms with Gasteiger partial charge in [0.25, 0.3) is 0 Å². The van der Waals surface area contributed by atoms with Gasteiger partial charge in [-0.05, 0) is 25.1 Å². The van der Waals surface area contributed by atoms with Gasteiger partial charge in [0.15, 0.2) is 0 Å². The molecule has 0 aliphatic carbocycles. The maximum absolute atomic E-state index is 13.0. The molecule has 0 saturated carbocycles. The fourth-order valence-corrected chi connectivity index (χ4v) is 2.00. The molecule has 100 valence electrons. The second-order valence-corrected chi connectivity index (χ2v) is 4.36. The fraction of sp³-hybridized carbons (Fsp3) is 0.214. The minimum absolute atomic E-state index is 0.175. The normalized spacial score (nSPS) is 12.2. The van der Waals surface area contributed by atoms with E-state index in [1.807, 2.05) is 6.92 Å². The van der Waals surface area contributed by atoms with E-state index in [0.717, 1.165) is 0 Å². The molecule has 0 fully saturated rings. The summed E-state index contributed by atoms with van der Waals surface area (Å²) < 4.78 is 18.3. The Bertz CT molecular complexity index is 577. The number of rotatable bonds is 4. The van der Waals surface area contributed by atoms with Crippen LogP contribution in [0.4, 0.5) is 4.39 Å². The van der Waals surface area contributed by atoms with Gasteiger partial charge in [-0.25, -0.2) is 4.39 Å². The number of hydrogen-bond donors (Lipinski definition) is 1. The molecule has 0 saturated heterocycles. The zero-order valence-electron chi connectivity index (χ0n) is 10.3. The Kier molecular flexibility index (Phi) is 4.35. The summed E-state index contributed by atoms with van der Waals surface area (Å²) in [4.78, 5) is 3.99. The molecule has 1 unspecified atom stereocenters. The van der Waals surface area contributed by atoms with E-state index in [9.17, 15) is 9.50 Å². The van der Waals surface area contributed by atoms with Crippen LogP contribution in [0.5, 0.6) is 5.75 Å². The van der Waals surface area contributed by atoms with Crippen molar-refractivity contribution in [2.75, 3.05) is 6.61 Å². The molecule has 1 N–H and O–H groups in total. The van der Waals surface area contributed by atoms with E-state index in [-0.39, 0.29) is 5.02 Å². The maximum Gasteiger partial charge on any atom is 0.137 e. The van der Waals surface area contributed by atoms with Crippen molar-refractivity contribution in [3.05, 3.63) is 58.6 Å². The molecule has 0 aliphatic rings. The number of benzene rings is 1. The number of ether oxygens (including phenoxy) is 1. The number of aromatic nitrogens is 1. The van der Waals surface area contributed by atoms with Crippen LogP contribution in [0.2, 0.25) is 5.02 Å². The highest BCUT2D eigenvalue weighted by atomic mass is 35.5. The van der Waals surface area contributed by atoms with Crippen molar-refractivity contribution in [3.8, 4) is 5.75 Å². The zero-order chi connectivity index (χ0) is 13.8. The fourth-order valence-electron chi connectivity index (χ4n) is 1.73. The predicted octanol–water partition coefficient (Wildman–Crippen LogP) is 3.35. The molecule has 0 aliphatic heterocycles. The number of pyridine rings is 1. The highest BCUT2D eigenvalue weighted by molar-refractivity contribution is 6.31. The smallest absolute Gasteiger partial charge is 0.137 e. The topological polar surface area (TPSA) is 42.4 Å². The van der Waals surface area contributed by atoms with Crippen molar-refractivity contribution in [1.82, 2.24) is 4.98 Å². The van der Waals surface area contributed by atoms with Crippen molar-refractivity contribution < 1.29 is 14.2 Å². The molecule has 3 nitrogen and oxygen atoms in total. The van der Waals surface area contributed by atoms with E-state index in [1.54, 1.807) is 12.3 Å². The standard InChI is InChI=1S/C14H13ClFNO2/c1-2-19-11-5-9(7-17-8-11)14(18)12-4-3-10(16)6-13(12)15/h3-8,14,18H,2H2,1H3. The molecule has 1 aromatic carbocycles. The monoisotopic (exact) mass is 281 g/mol. The van der Waals surface area contributed by atoms with Gasteiger partial charge < -0.3 is 9.84 Å². The van der Waals surface area contributed by atoms with E-state index in [1.165, 1.54) is 24.4 Å². The Labute approximate surface area is 115 Å². The van der Waals surface area contributed by atoms with Gasteiger partial charge in [-0.2, -0.15) is 0 Å². The summed E-state index contributed by atoms with van der Waals surface area (Å²) in [7, 11) is 0. The van der Waals surface area contributed by atoms with Crippen LogP contribution in [0.15, 0.2) is 36.7 Å². The highest BCUT2D eigenvalue weighted by Gasteiger charge is 2.15. The minimum atomic E-state index is -0.971. The first kappa shape index (κ1) is 13.8. The summed E-state index contributed by atoms with van der Waals surface area (Å²) in [6.45, 7) is 2.37. The Hall–Kier alpha value is -1.65. The Morgan fingerprint density at radius 2 is 2.16 bits per heavy atom. The largest absolute Gasteiger partial charge is 0.492 e. The van der Waals surface area contributed by atoms with E-state index in [2.05, 4.69) is 4.98 Å². The summed E-state index contributed by atoms with van der Waals surface area (Å²) in [5.74, 6) is 0.124. The average Bonchev–Trinajstić information content (AvgIpc) is 2.39. The van der Waals surface area contributed by atoms with Crippen LogP contribution in [0.25, 0.3) is 0 Å². The molecule has 0 radical (unpaired) electrons. The summed E-state index contributed by atoms with van der Waals surface area (Å²) in [6, 6.07) is 5.56. The van der Waals surface area contributed by atoms with Crippen molar-refractivity contribution in [1.29, 1.82) is 0 Å². The number of aliphatic hydroxyl groups excluding tert-OH is 1. The molecular weight excluding hydrogens is 269 g/mol. The molecule has 0 spiro atoms. The Balaban J connectivity index is 2.32.